The average molecular weight is 387 g/mol. The van der Waals surface area contributed by atoms with Crippen molar-refractivity contribution in [3.8, 4) is 22.1 Å². The van der Waals surface area contributed by atoms with Crippen molar-refractivity contribution in [1.29, 1.82) is 0 Å². The Morgan fingerprint density at radius 2 is 1.96 bits per heavy atom. The summed E-state index contributed by atoms with van der Waals surface area (Å²) in [5, 5.41) is 9.94. The lowest BCUT2D eigenvalue weighted by atomic mass is 10.2. The third-order valence-electron chi connectivity index (χ3n) is 3.95. The predicted molar refractivity (Wildman–Crippen MR) is 101 cm³/mol. The maximum Gasteiger partial charge on any atom is 0.347 e. The maximum absolute atomic E-state index is 13.1. The van der Waals surface area contributed by atoms with Crippen LogP contribution >= 0.6 is 11.3 Å². The van der Waals surface area contributed by atoms with Gasteiger partial charge in [0.25, 0.3) is 0 Å². The van der Waals surface area contributed by atoms with Gasteiger partial charge >= 0.3 is 5.97 Å². The van der Waals surface area contributed by atoms with Gasteiger partial charge in [0, 0.05) is 6.07 Å². The van der Waals surface area contributed by atoms with E-state index in [2.05, 4.69) is 4.98 Å². The number of nitrogens with zero attached hydrogens (tertiary/aromatic N) is 1. The molecule has 0 saturated carbocycles. The van der Waals surface area contributed by atoms with E-state index in [9.17, 15) is 14.3 Å². The summed E-state index contributed by atoms with van der Waals surface area (Å²) in [6.45, 7) is 2.10. The fraction of sp³-hybridized carbons (Fsp3) is 0.200. The molecule has 3 rings (SSSR count). The second kappa shape index (κ2) is 8.18. The molecule has 0 fully saturated rings. The fourth-order valence-corrected chi connectivity index (χ4v) is 3.56. The van der Waals surface area contributed by atoms with Crippen LogP contribution in [-0.2, 0) is 13.0 Å². The average Bonchev–Trinajstić information content (AvgIpc) is 3.12. The summed E-state index contributed by atoms with van der Waals surface area (Å²) < 4.78 is 24.2. The first-order chi connectivity index (χ1) is 13.0. The Balaban J connectivity index is 1.95. The summed E-state index contributed by atoms with van der Waals surface area (Å²) in [7, 11) is 1.56. The van der Waals surface area contributed by atoms with E-state index in [1.165, 1.54) is 12.1 Å². The van der Waals surface area contributed by atoms with Gasteiger partial charge in [-0.3, -0.25) is 0 Å². The van der Waals surface area contributed by atoms with E-state index in [-0.39, 0.29) is 17.3 Å². The molecule has 5 nitrogen and oxygen atoms in total. The summed E-state index contributed by atoms with van der Waals surface area (Å²) in [4.78, 5) is 16.1. The van der Waals surface area contributed by atoms with Gasteiger partial charge in [-0.1, -0.05) is 19.1 Å². The zero-order valence-electron chi connectivity index (χ0n) is 14.9. The summed E-state index contributed by atoms with van der Waals surface area (Å²) in [5.41, 5.74) is 2.04. The van der Waals surface area contributed by atoms with Gasteiger partial charge in [0.2, 0.25) is 0 Å². The molecule has 7 heteroatoms. The molecule has 0 spiro atoms. The summed E-state index contributed by atoms with van der Waals surface area (Å²) in [6, 6.07) is 11.3. The Labute approximate surface area is 160 Å². The van der Waals surface area contributed by atoms with Crippen LogP contribution in [0.3, 0.4) is 0 Å². The Morgan fingerprint density at radius 1 is 1.22 bits per heavy atom. The van der Waals surface area contributed by atoms with Crippen LogP contribution in [0.1, 0.15) is 27.9 Å². The highest BCUT2D eigenvalue weighted by Gasteiger charge is 2.19. The van der Waals surface area contributed by atoms with Gasteiger partial charge in [0.1, 0.15) is 33.8 Å². The number of thiazole rings is 1. The molecule has 1 N–H and O–H groups in total. The molecule has 27 heavy (non-hydrogen) atoms. The predicted octanol–water partition coefficient (Wildman–Crippen LogP) is 4.80. The maximum atomic E-state index is 13.1. The van der Waals surface area contributed by atoms with Crippen LogP contribution in [0.5, 0.6) is 11.5 Å². The van der Waals surface area contributed by atoms with Crippen molar-refractivity contribution in [3.63, 3.8) is 0 Å². The molecule has 0 saturated heterocycles. The fourth-order valence-electron chi connectivity index (χ4n) is 2.54. The summed E-state index contributed by atoms with van der Waals surface area (Å²) in [6.07, 6.45) is 0.528. The number of aromatic carboxylic acids is 1. The lowest BCUT2D eigenvalue weighted by molar-refractivity contribution is 0.0701. The van der Waals surface area contributed by atoms with Gasteiger partial charge in [-0.05, 0) is 36.2 Å². The van der Waals surface area contributed by atoms with Gasteiger partial charge in [-0.2, -0.15) is 0 Å². The summed E-state index contributed by atoms with van der Waals surface area (Å²) >= 11 is 1.12. The van der Waals surface area contributed by atoms with Crippen LogP contribution in [0.15, 0.2) is 42.5 Å². The third-order valence-corrected chi connectivity index (χ3v) is 5.07. The largest absolute Gasteiger partial charge is 0.497 e. The van der Waals surface area contributed by atoms with Crippen molar-refractivity contribution < 1.29 is 23.8 Å². The van der Waals surface area contributed by atoms with Crippen LogP contribution in [0.4, 0.5) is 4.39 Å². The van der Waals surface area contributed by atoms with Crippen molar-refractivity contribution in [2.45, 2.75) is 20.0 Å². The Morgan fingerprint density at radius 3 is 2.56 bits per heavy atom. The minimum absolute atomic E-state index is 0.229. The van der Waals surface area contributed by atoms with E-state index in [1.54, 1.807) is 37.4 Å². The molecule has 1 aromatic heterocycles. The molecule has 0 bridgehead atoms. The van der Waals surface area contributed by atoms with Crippen LogP contribution in [0.2, 0.25) is 0 Å². The van der Waals surface area contributed by atoms with Crippen molar-refractivity contribution >= 4 is 17.3 Å². The van der Waals surface area contributed by atoms with E-state index >= 15 is 0 Å². The molecule has 0 aliphatic carbocycles. The topological polar surface area (TPSA) is 68.7 Å². The first-order valence-electron chi connectivity index (χ1n) is 8.30. The molecule has 0 atom stereocenters. The van der Waals surface area contributed by atoms with Gasteiger partial charge < -0.3 is 14.6 Å². The Hall–Kier alpha value is -2.93. The van der Waals surface area contributed by atoms with Crippen molar-refractivity contribution in [2.24, 2.45) is 0 Å². The molecular formula is C20H18FNO4S. The number of aromatic nitrogens is 1. The third kappa shape index (κ3) is 4.25. The number of halogens is 1. The number of ether oxygens (including phenoxy) is 2. The number of hydrogen-bond donors (Lipinski definition) is 1. The normalized spacial score (nSPS) is 10.6. The molecule has 0 amide bonds. The monoisotopic (exact) mass is 387 g/mol. The Kier molecular flexibility index (Phi) is 5.71. The van der Waals surface area contributed by atoms with Gasteiger partial charge in [0.15, 0.2) is 0 Å². The van der Waals surface area contributed by atoms with E-state index < -0.39 is 5.97 Å². The number of benzene rings is 2. The number of hydrogen-bond acceptors (Lipinski definition) is 5. The molecule has 1 heterocycles. The first-order valence-corrected chi connectivity index (χ1v) is 9.12. The lowest BCUT2D eigenvalue weighted by Crippen LogP contribution is -1.98. The van der Waals surface area contributed by atoms with Crippen LogP contribution in [0.25, 0.3) is 10.6 Å². The van der Waals surface area contributed by atoms with E-state index in [1.807, 2.05) is 6.92 Å². The number of aryl methyl sites for hydroxylation is 1. The van der Waals surface area contributed by atoms with E-state index in [0.717, 1.165) is 16.9 Å². The highest BCUT2D eigenvalue weighted by molar-refractivity contribution is 7.17. The molecule has 2 aromatic carbocycles. The van der Waals surface area contributed by atoms with Crippen molar-refractivity contribution in [3.05, 3.63) is 64.4 Å². The molecule has 140 valence electrons. The quantitative estimate of drug-likeness (QED) is 0.631. The van der Waals surface area contributed by atoms with Crippen molar-refractivity contribution in [2.75, 3.05) is 7.11 Å². The van der Waals surface area contributed by atoms with Crippen LogP contribution in [0, 0.1) is 5.82 Å². The standard InChI is InChI=1S/C20H18FNO4S/c1-3-16-18(20(23)24)27-19(22-16)15-9-8-14(25-2)10-17(15)26-11-12-4-6-13(21)7-5-12/h4-10H,3,11H2,1-2H3,(H,23,24). The van der Waals surface area contributed by atoms with Crippen LogP contribution < -0.4 is 9.47 Å². The van der Waals surface area contributed by atoms with Gasteiger partial charge in [-0.25, -0.2) is 14.2 Å². The zero-order chi connectivity index (χ0) is 19.4. The number of carboxylic acids is 1. The van der Waals surface area contributed by atoms with Crippen LogP contribution in [-0.4, -0.2) is 23.2 Å². The number of carbonyl (C=O) groups is 1. The SMILES string of the molecule is CCc1nc(-c2ccc(OC)cc2OCc2ccc(F)cc2)sc1C(=O)O. The number of rotatable bonds is 7. The highest BCUT2D eigenvalue weighted by atomic mass is 32.1. The molecule has 0 aliphatic heterocycles. The van der Waals surface area contributed by atoms with E-state index in [0.29, 0.717) is 34.2 Å². The van der Waals surface area contributed by atoms with E-state index in [4.69, 9.17) is 9.47 Å². The molecule has 0 unspecified atom stereocenters. The molecule has 3 aromatic rings. The Bertz CT molecular complexity index is 953. The van der Waals surface area contributed by atoms with Crippen molar-refractivity contribution in [1.82, 2.24) is 4.98 Å². The lowest BCUT2D eigenvalue weighted by Gasteiger charge is -2.12. The highest BCUT2D eigenvalue weighted by Crippen LogP contribution is 2.37. The second-order valence-electron chi connectivity index (χ2n) is 5.73. The number of methoxy groups -OCH3 is 1. The minimum Gasteiger partial charge on any atom is -0.497 e. The molecule has 0 radical (unpaired) electrons. The van der Waals surface area contributed by atoms with Gasteiger partial charge in [0.05, 0.1) is 18.4 Å². The zero-order valence-corrected chi connectivity index (χ0v) is 15.7. The smallest absolute Gasteiger partial charge is 0.347 e. The molecule has 0 aliphatic rings. The number of carboxylic acid groups (broad SMARTS) is 1. The molecular weight excluding hydrogens is 369 g/mol. The van der Waals surface area contributed by atoms with Gasteiger partial charge in [-0.15, -0.1) is 11.3 Å². The minimum atomic E-state index is -0.988. The first kappa shape index (κ1) is 18.8. The second-order valence-corrected chi connectivity index (χ2v) is 6.73. The summed E-state index contributed by atoms with van der Waals surface area (Å²) in [5.74, 6) is -0.166.